The Bertz CT molecular complexity index is 1300. The van der Waals surface area contributed by atoms with E-state index in [9.17, 15) is 14.4 Å². The lowest BCUT2D eigenvalue weighted by molar-refractivity contribution is -0.116. The zero-order valence-corrected chi connectivity index (χ0v) is 20.9. The van der Waals surface area contributed by atoms with Crippen molar-refractivity contribution in [3.63, 3.8) is 0 Å². The standard InChI is InChI=1S/C24H31N5O3S/c1-7-13-29-21-19(23(31)27(6)24(29)32)22(26-20(25-21)15(3)4)33-14-18(30)28(8-2)17-12-10-9-11-16(17)5/h9-12,15H,7-8,13-14H2,1-6H3. The molecule has 3 aromatic rings. The van der Waals surface area contributed by atoms with E-state index < -0.39 is 11.2 Å². The Balaban J connectivity index is 2.09. The van der Waals surface area contributed by atoms with Gasteiger partial charge in [0.1, 0.15) is 16.2 Å². The molecule has 0 N–H and O–H groups in total. The summed E-state index contributed by atoms with van der Waals surface area (Å²) in [6.45, 7) is 10.8. The molecule has 0 aliphatic heterocycles. The van der Waals surface area contributed by atoms with Crippen molar-refractivity contribution in [2.24, 2.45) is 7.05 Å². The van der Waals surface area contributed by atoms with Gasteiger partial charge in [-0.3, -0.25) is 18.7 Å². The van der Waals surface area contributed by atoms with Gasteiger partial charge in [0.25, 0.3) is 5.56 Å². The summed E-state index contributed by atoms with van der Waals surface area (Å²) in [5.41, 5.74) is 1.38. The Labute approximate surface area is 197 Å². The molecule has 2 aromatic heterocycles. The molecular formula is C24H31N5O3S. The average Bonchev–Trinajstić information content (AvgIpc) is 2.80. The van der Waals surface area contributed by atoms with Crippen LogP contribution in [0.2, 0.25) is 0 Å². The number of carbonyl (C=O) groups excluding carboxylic acids is 1. The van der Waals surface area contributed by atoms with Gasteiger partial charge >= 0.3 is 5.69 Å². The summed E-state index contributed by atoms with van der Waals surface area (Å²) in [4.78, 5) is 49.9. The van der Waals surface area contributed by atoms with Crippen molar-refractivity contribution in [3.8, 4) is 0 Å². The molecule has 1 aromatic carbocycles. The molecule has 0 aliphatic rings. The number of carbonyl (C=O) groups is 1. The van der Waals surface area contributed by atoms with Crippen LogP contribution in [0, 0.1) is 6.92 Å². The van der Waals surface area contributed by atoms with Crippen LogP contribution in [0.4, 0.5) is 5.69 Å². The van der Waals surface area contributed by atoms with Crippen LogP contribution in [0.25, 0.3) is 11.0 Å². The van der Waals surface area contributed by atoms with Crippen molar-refractivity contribution in [1.82, 2.24) is 19.1 Å². The number of nitrogens with zero attached hydrogens (tertiary/aromatic N) is 5. The number of para-hydroxylation sites is 1. The van der Waals surface area contributed by atoms with Crippen molar-refractivity contribution in [1.29, 1.82) is 0 Å². The van der Waals surface area contributed by atoms with E-state index in [4.69, 9.17) is 0 Å². The number of aromatic nitrogens is 4. The Morgan fingerprint density at radius 2 is 1.85 bits per heavy atom. The van der Waals surface area contributed by atoms with Crippen molar-refractivity contribution in [2.75, 3.05) is 17.2 Å². The summed E-state index contributed by atoms with van der Waals surface area (Å²) in [5.74, 6) is 0.578. The summed E-state index contributed by atoms with van der Waals surface area (Å²) < 4.78 is 2.62. The lowest BCUT2D eigenvalue weighted by Crippen LogP contribution is -2.39. The second kappa shape index (κ2) is 10.3. The molecule has 0 saturated heterocycles. The highest BCUT2D eigenvalue weighted by Crippen LogP contribution is 2.26. The molecule has 0 unspecified atom stereocenters. The number of hydrogen-bond acceptors (Lipinski definition) is 6. The van der Waals surface area contributed by atoms with Gasteiger partial charge in [-0.25, -0.2) is 14.8 Å². The Morgan fingerprint density at radius 1 is 1.15 bits per heavy atom. The number of amides is 1. The van der Waals surface area contributed by atoms with E-state index in [2.05, 4.69) is 9.97 Å². The molecule has 1 amide bonds. The van der Waals surface area contributed by atoms with Gasteiger partial charge in [-0.1, -0.05) is 50.7 Å². The topological polar surface area (TPSA) is 90.1 Å². The number of aryl methyl sites for hydroxylation is 2. The quantitative estimate of drug-likeness (QED) is 0.371. The van der Waals surface area contributed by atoms with Crippen molar-refractivity contribution in [2.45, 2.75) is 58.5 Å². The molecule has 0 saturated carbocycles. The van der Waals surface area contributed by atoms with Crippen LogP contribution in [-0.2, 0) is 18.4 Å². The fraction of sp³-hybridized carbons (Fsp3) is 0.458. The van der Waals surface area contributed by atoms with Crippen molar-refractivity contribution >= 4 is 34.4 Å². The largest absolute Gasteiger partial charge is 0.332 e. The fourth-order valence-electron chi connectivity index (χ4n) is 3.70. The highest BCUT2D eigenvalue weighted by atomic mass is 32.2. The predicted octanol–water partition coefficient (Wildman–Crippen LogP) is 3.48. The van der Waals surface area contributed by atoms with Crippen LogP contribution in [-0.4, -0.2) is 37.3 Å². The first-order chi connectivity index (χ1) is 15.7. The molecule has 176 valence electrons. The number of anilines is 1. The first kappa shape index (κ1) is 24.7. The molecule has 0 spiro atoms. The number of rotatable bonds is 8. The van der Waals surface area contributed by atoms with Crippen LogP contribution in [0.5, 0.6) is 0 Å². The smallest absolute Gasteiger partial charge is 0.312 e. The number of thioether (sulfide) groups is 1. The van der Waals surface area contributed by atoms with Gasteiger partial charge in [0, 0.05) is 31.7 Å². The molecule has 0 atom stereocenters. The third kappa shape index (κ3) is 4.88. The maximum atomic E-state index is 13.2. The highest BCUT2D eigenvalue weighted by molar-refractivity contribution is 8.00. The van der Waals surface area contributed by atoms with E-state index >= 15 is 0 Å². The molecule has 0 fully saturated rings. The third-order valence-corrected chi connectivity index (χ3v) is 6.45. The maximum absolute atomic E-state index is 13.2. The highest BCUT2D eigenvalue weighted by Gasteiger charge is 2.22. The number of fused-ring (bicyclic) bond motifs is 1. The van der Waals surface area contributed by atoms with E-state index in [0.717, 1.165) is 22.2 Å². The van der Waals surface area contributed by atoms with Crippen molar-refractivity contribution < 1.29 is 4.79 Å². The van der Waals surface area contributed by atoms with Gasteiger partial charge in [0.15, 0.2) is 5.65 Å². The Morgan fingerprint density at radius 3 is 2.45 bits per heavy atom. The molecule has 8 nitrogen and oxygen atoms in total. The molecule has 33 heavy (non-hydrogen) atoms. The second-order valence-corrected chi connectivity index (χ2v) is 9.22. The second-order valence-electron chi connectivity index (χ2n) is 8.25. The van der Waals surface area contributed by atoms with Gasteiger partial charge < -0.3 is 4.90 Å². The molecule has 0 aliphatic carbocycles. The lowest BCUT2D eigenvalue weighted by atomic mass is 10.2. The van der Waals surface area contributed by atoms with Gasteiger partial charge in [-0.2, -0.15) is 0 Å². The minimum absolute atomic E-state index is 0.00204. The van der Waals surface area contributed by atoms with Gasteiger partial charge in [-0.05, 0) is 31.9 Å². The summed E-state index contributed by atoms with van der Waals surface area (Å²) in [6.07, 6.45) is 0.719. The summed E-state index contributed by atoms with van der Waals surface area (Å²) in [5, 5.41) is 0.718. The lowest BCUT2D eigenvalue weighted by Gasteiger charge is -2.23. The Kier molecular flexibility index (Phi) is 7.73. The fourth-order valence-corrected chi connectivity index (χ4v) is 4.59. The molecule has 3 rings (SSSR count). The monoisotopic (exact) mass is 469 g/mol. The van der Waals surface area contributed by atoms with E-state index in [1.807, 2.05) is 58.9 Å². The van der Waals surface area contributed by atoms with E-state index in [1.54, 1.807) is 4.90 Å². The summed E-state index contributed by atoms with van der Waals surface area (Å²) >= 11 is 1.22. The van der Waals surface area contributed by atoms with Gasteiger partial charge in [0.05, 0.1) is 5.75 Å². The van der Waals surface area contributed by atoms with Crippen LogP contribution >= 0.6 is 11.8 Å². The SMILES string of the molecule is CCCn1c(=O)n(C)c(=O)c2c(SCC(=O)N(CC)c3ccccc3C)nc(C(C)C)nc21. The first-order valence-corrected chi connectivity index (χ1v) is 12.2. The van der Waals surface area contributed by atoms with E-state index in [-0.39, 0.29) is 23.0 Å². The Hall–Kier alpha value is -2.94. The summed E-state index contributed by atoms with van der Waals surface area (Å²) in [6, 6.07) is 7.76. The normalized spacial score (nSPS) is 11.4. The van der Waals surface area contributed by atoms with Crippen molar-refractivity contribution in [3.05, 3.63) is 56.5 Å². The van der Waals surface area contributed by atoms with Crippen LogP contribution in [0.1, 0.15) is 51.4 Å². The zero-order chi connectivity index (χ0) is 24.3. The van der Waals surface area contributed by atoms with E-state index in [1.165, 1.54) is 23.4 Å². The van der Waals surface area contributed by atoms with Crippen LogP contribution in [0.15, 0.2) is 38.9 Å². The van der Waals surface area contributed by atoms with E-state index in [0.29, 0.717) is 29.6 Å². The molecule has 9 heteroatoms. The zero-order valence-electron chi connectivity index (χ0n) is 20.1. The predicted molar refractivity (Wildman–Crippen MR) is 133 cm³/mol. The minimum atomic E-state index is -0.446. The molecule has 0 radical (unpaired) electrons. The van der Waals surface area contributed by atoms with Crippen LogP contribution in [0.3, 0.4) is 0 Å². The number of hydrogen-bond donors (Lipinski definition) is 0. The molecule has 2 heterocycles. The number of benzene rings is 1. The van der Waals surface area contributed by atoms with Crippen LogP contribution < -0.4 is 16.1 Å². The summed E-state index contributed by atoms with van der Waals surface area (Å²) in [7, 11) is 1.46. The van der Waals surface area contributed by atoms with Gasteiger partial charge in [-0.15, -0.1) is 0 Å². The first-order valence-electron chi connectivity index (χ1n) is 11.2. The third-order valence-electron chi connectivity index (χ3n) is 5.49. The molecule has 0 bridgehead atoms. The average molecular weight is 470 g/mol. The van der Waals surface area contributed by atoms with Gasteiger partial charge in [0.2, 0.25) is 5.91 Å². The minimum Gasteiger partial charge on any atom is -0.312 e. The molecular weight excluding hydrogens is 438 g/mol. The maximum Gasteiger partial charge on any atom is 0.332 e.